The number of benzene rings is 1. The van der Waals surface area contributed by atoms with E-state index in [1.807, 2.05) is 18.3 Å². The van der Waals surface area contributed by atoms with E-state index in [9.17, 15) is 0 Å². The van der Waals surface area contributed by atoms with Crippen molar-refractivity contribution in [2.45, 2.75) is 13.5 Å². The van der Waals surface area contributed by atoms with E-state index in [-0.39, 0.29) is 0 Å². The molecule has 2 aromatic heterocycles. The summed E-state index contributed by atoms with van der Waals surface area (Å²) in [6, 6.07) is 12.4. The zero-order chi connectivity index (χ0) is 13.2. The summed E-state index contributed by atoms with van der Waals surface area (Å²) in [6.45, 7) is 2.70. The van der Waals surface area contributed by atoms with Crippen molar-refractivity contribution >= 4 is 10.9 Å². The normalized spacial score (nSPS) is 10.5. The lowest BCUT2D eigenvalue weighted by Gasteiger charge is -2.08. The maximum absolute atomic E-state index is 5.52. The van der Waals surface area contributed by atoms with Crippen molar-refractivity contribution in [1.82, 2.24) is 9.55 Å². The highest BCUT2D eigenvalue weighted by Crippen LogP contribution is 2.32. The van der Waals surface area contributed by atoms with Gasteiger partial charge in [0.15, 0.2) is 0 Å². The smallest absolute Gasteiger partial charge is 0.0841 e. The summed E-state index contributed by atoms with van der Waals surface area (Å²) >= 11 is 0. The Labute approximate surface area is 112 Å². The number of hydrogen-bond donors (Lipinski definition) is 0. The van der Waals surface area contributed by atoms with E-state index < -0.39 is 0 Å². The van der Waals surface area contributed by atoms with Crippen LogP contribution in [0.2, 0.25) is 0 Å². The van der Waals surface area contributed by atoms with Gasteiger partial charge in [0.1, 0.15) is 0 Å². The molecule has 2 nitrogen and oxygen atoms in total. The Morgan fingerprint density at radius 3 is 2.79 bits per heavy atom. The Balaban J connectivity index is 2.38. The molecule has 0 aliphatic carbocycles. The van der Waals surface area contributed by atoms with Gasteiger partial charge in [0.2, 0.25) is 0 Å². The number of terminal acetylenes is 1. The van der Waals surface area contributed by atoms with E-state index in [1.165, 1.54) is 16.5 Å². The average Bonchev–Trinajstić information content (AvgIpc) is 2.74. The zero-order valence-corrected chi connectivity index (χ0v) is 10.8. The quantitative estimate of drug-likeness (QED) is 0.631. The number of aryl methyl sites for hydroxylation is 1. The van der Waals surface area contributed by atoms with Crippen molar-refractivity contribution in [1.29, 1.82) is 0 Å². The van der Waals surface area contributed by atoms with E-state index in [4.69, 9.17) is 6.42 Å². The number of aromatic nitrogens is 2. The molecule has 0 spiro atoms. The minimum atomic E-state index is 0.568. The Kier molecular flexibility index (Phi) is 2.81. The van der Waals surface area contributed by atoms with E-state index in [0.29, 0.717) is 6.54 Å². The fourth-order valence-corrected chi connectivity index (χ4v) is 2.61. The van der Waals surface area contributed by atoms with Gasteiger partial charge < -0.3 is 4.57 Å². The van der Waals surface area contributed by atoms with Crippen LogP contribution in [0, 0.1) is 19.3 Å². The topological polar surface area (TPSA) is 17.8 Å². The lowest BCUT2D eigenvalue weighted by Crippen LogP contribution is -1.98. The first-order valence-corrected chi connectivity index (χ1v) is 6.24. The Hall–Kier alpha value is -2.53. The van der Waals surface area contributed by atoms with Crippen molar-refractivity contribution in [3.8, 4) is 23.6 Å². The minimum Gasteiger partial charge on any atom is -0.328 e. The van der Waals surface area contributed by atoms with Gasteiger partial charge in [-0.1, -0.05) is 24.1 Å². The molecule has 2 heteroatoms. The molecule has 0 radical (unpaired) electrons. The molecule has 92 valence electrons. The highest BCUT2D eigenvalue weighted by molar-refractivity contribution is 5.91. The summed E-state index contributed by atoms with van der Waals surface area (Å²) in [5, 5.41) is 1.25. The first kappa shape index (κ1) is 11.6. The second kappa shape index (κ2) is 4.62. The van der Waals surface area contributed by atoms with Crippen LogP contribution >= 0.6 is 0 Å². The van der Waals surface area contributed by atoms with Gasteiger partial charge >= 0.3 is 0 Å². The summed E-state index contributed by atoms with van der Waals surface area (Å²) in [5.41, 5.74) is 4.69. The molecule has 0 saturated heterocycles. The maximum Gasteiger partial charge on any atom is 0.0841 e. The second-order valence-corrected chi connectivity index (χ2v) is 4.52. The molecule has 0 saturated carbocycles. The van der Waals surface area contributed by atoms with Crippen molar-refractivity contribution in [3.05, 3.63) is 54.4 Å². The third-order valence-corrected chi connectivity index (χ3v) is 3.41. The number of nitrogens with zero attached hydrogens (tertiary/aromatic N) is 2. The number of rotatable bonds is 2. The van der Waals surface area contributed by atoms with Crippen LogP contribution in [0.3, 0.4) is 0 Å². The molecule has 0 unspecified atom stereocenters. The molecule has 0 fully saturated rings. The Morgan fingerprint density at radius 2 is 2.05 bits per heavy atom. The van der Waals surface area contributed by atoms with Crippen LogP contribution in [0.15, 0.2) is 48.8 Å². The van der Waals surface area contributed by atoms with Gasteiger partial charge in [-0.2, -0.15) is 0 Å². The predicted molar refractivity (Wildman–Crippen MR) is 78.7 cm³/mol. The summed E-state index contributed by atoms with van der Waals surface area (Å²) < 4.78 is 2.18. The third kappa shape index (κ3) is 1.80. The summed E-state index contributed by atoms with van der Waals surface area (Å²) in [6.07, 6.45) is 9.19. The van der Waals surface area contributed by atoms with E-state index in [0.717, 1.165) is 11.3 Å². The fraction of sp³-hybridized carbons (Fsp3) is 0.118. The number of pyridine rings is 1. The van der Waals surface area contributed by atoms with Crippen LogP contribution in [0.25, 0.3) is 22.2 Å². The summed E-state index contributed by atoms with van der Waals surface area (Å²) in [7, 11) is 0. The molecule has 1 aromatic carbocycles. The number of para-hydroxylation sites is 1. The van der Waals surface area contributed by atoms with Gasteiger partial charge in [0.25, 0.3) is 0 Å². The molecule has 3 rings (SSSR count). The molecule has 0 aliphatic heterocycles. The fourth-order valence-electron chi connectivity index (χ4n) is 2.61. The summed E-state index contributed by atoms with van der Waals surface area (Å²) in [4.78, 5) is 4.21. The molecule has 3 aromatic rings. The SMILES string of the molecule is C#CCn1c(-c2cccnc2)c(C)c2ccccc21. The van der Waals surface area contributed by atoms with Crippen molar-refractivity contribution in [2.75, 3.05) is 0 Å². The van der Waals surface area contributed by atoms with Gasteiger partial charge in [0.05, 0.1) is 12.2 Å². The lowest BCUT2D eigenvalue weighted by atomic mass is 10.1. The molecular weight excluding hydrogens is 232 g/mol. The van der Waals surface area contributed by atoms with Crippen molar-refractivity contribution < 1.29 is 0 Å². The molecule has 0 amide bonds. The summed E-state index contributed by atoms with van der Waals surface area (Å²) in [5.74, 6) is 2.74. The molecule has 0 atom stereocenters. The molecule has 2 heterocycles. The largest absolute Gasteiger partial charge is 0.328 e. The van der Waals surface area contributed by atoms with Gasteiger partial charge in [-0.3, -0.25) is 4.98 Å². The van der Waals surface area contributed by atoms with Crippen LogP contribution in [-0.4, -0.2) is 9.55 Å². The monoisotopic (exact) mass is 246 g/mol. The van der Waals surface area contributed by atoms with Gasteiger partial charge in [-0.15, -0.1) is 6.42 Å². The number of hydrogen-bond acceptors (Lipinski definition) is 1. The van der Waals surface area contributed by atoms with E-state index >= 15 is 0 Å². The Bertz CT molecular complexity index is 761. The molecule has 19 heavy (non-hydrogen) atoms. The Morgan fingerprint density at radius 1 is 1.21 bits per heavy atom. The number of fused-ring (bicyclic) bond motifs is 1. The molecular formula is C17H14N2. The van der Waals surface area contributed by atoms with Crippen LogP contribution in [-0.2, 0) is 6.54 Å². The van der Waals surface area contributed by atoms with Crippen molar-refractivity contribution in [2.24, 2.45) is 0 Å². The van der Waals surface area contributed by atoms with E-state index in [2.05, 4.69) is 46.7 Å². The first-order valence-electron chi connectivity index (χ1n) is 6.24. The predicted octanol–water partition coefficient (Wildman–Crippen LogP) is 3.64. The lowest BCUT2D eigenvalue weighted by molar-refractivity contribution is 0.891. The maximum atomic E-state index is 5.52. The highest BCUT2D eigenvalue weighted by Gasteiger charge is 2.14. The van der Waals surface area contributed by atoms with Crippen LogP contribution in [0.1, 0.15) is 5.56 Å². The van der Waals surface area contributed by atoms with Crippen LogP contribution in [0.4, 0.5) is 0 Å². The van der Waals surface area contributed by atoms with E-state index in [1.54, 1.807) is 6.20 Å². The van der Waals surface area contributed by atoms with Gasteiger partial charge in [0, 0.05) is 28.9 Å². The van der Waals surface area contributed by atoms with Gasteiger partial charge in [-0.25, -0.2) is 0 Å². The minimum absolute atomic E-state index is 0.568. The average molecular weight is 246 g/mol. The van der Waals surface area contributed by atoms with Gasteiger partial charge in [-0.05, 0) is 30.7 Å². The highest BCUT2D eigenvalue weighted by atomic mass is 15.0. The molecule has 0 bridgehead atoms. The zero-order valence-electron chi connectivity index (χ0n) is 10.8. The standard InChI is InChI=1S/C17H14N2/c1-3-11-19-16-9-5-4-8-15(16)13(2)17(19)14-7-6-10-18-12-14/h1,4-10,12H,11H2,2H3. The third-order valence-electron chi connectivity index (χ3n) is 3.41. The molecule has 0 N–H and O–H groups in total. The van der Waals surface area contributed by atoms with Crippen molar-refractivity contribution in [3.63, 3.8) is 0 Å². The molecule has 0 aliphatic rings. The first-order chi connectivity index (χ1) is 9.33. The van der Waals surface area contributed by atoms with Crippen LogP contribution in [0.5, 0.6) is 0 Å². The second-order valence-electron chi connectivity index (χ2n) is 4.52. The van der Waals surface area contributed by atoms with Crippen LogP contribution < -0.4 is 0 Å².